The van der Waals surface area contributed by atoms with Crippen molar-refractivity contribution in [2.75, 3.05) is 12.4 Å². The van der Waals surface area contributed by atoms with Crippen LogP contribution in [0, 0.1) is 10.1 Å². The molecule has 1 N–H and O–H groups in total. The highest BCUT2D eigenvalue weighted by molar-refractivity contribution is 8.02. The summed E-state index contributed by atoms with van der Waals surface area (Å²) >= 11 is 1.78. The van der Waals surface area contributed by atoms with E-state index < -0.39 is 0 Å². The highest BCUT2D eigenvalue weighted by Crippen LogP contribution is 2.54. The fourth-order valence-corrected chi connectivity index (χ4v) is 7.92. The molecule has 144 valence electrons. The van der Waals surface area contributed by atoms with Gasteiger partial charge in [0, 0.05) is 29.1 Å². The van der Waals surface area contributed by atoms with Crippen molar-refractivity contribution in [3.63, 3.8) is 0 Å². The molecule has 0 spiro atoms. The first-order chi connectivity index (χ1) is 13.4. The lowest BCUT2D eigenvalue weighted by Gasteiger charge is -2.32. The lowest BCUT2D eigenvalue weighted by atomic mass is 9.90. The molecule has 2 aromatic carbocycles. The van der Waals surface area contributed by atoms with E-state index in [4.69, 9.17) is 4.74 Å². The normalized spacial score (nSPS) is 14.0. The number of rotatable bonds is 5. The second-order valence-corrected chi connectivity index (χ2v) is 10.4. The minimum Gasteiger partial charge on any atom is -0.497 e. The number of thioether (sulfide) groups is 1. The fourth-order valence-electron chi connectivity index (χ4n) is 3.22. The Balaban J connectivity index is 1.67. The summed E-state index contributed by atoms with van der Waals surface area (Å²) in [5, 5.41) is 14.5. The van der Waals surface area contributed by atoms with Crippen molar-refractivity contribution >= 4 is 43.8 Å². The van der Waals surface area contributed by atoms with Gasteiger partial charge in [-0.25, -0.2) is 0 Å². The molecule has 1 aliphatic rings. The first-order valence-corrected chi connectivity index (χ1v) is 11.8. The Labute approximate surface area is 174 Å². The maximum Gasteiger partial charge on any atom is 0.308 e. The van der Waals surface area contributed by atoms with Gasteiger partial charge in [-0.05, 0) is 37.6 Å². The lowest BCUT2D eigenvalue weighted by molar-refractivity contribution is -0.384. The Bertz CT molecular complexity index is 1050. The van der Waals surface area contributed by atoms with E-state index in [9.17, 15) is 10.1 Å². The molecule has 5 nitrogen and oxygen atoms in total. The monoisotopic (exact) mass is 431 g/mol. The van der Waals surface area contributed by atoms with Gasteiger partial charge in [0.15, 0.2) is 10.3 Å². The van der Waals surface area contributed by atoms with Crippen molar-refractivity contribution in [1.82, 2.24) is 0 Å². The molecule has 1 aliphatic heterocycles. The molecule has 2 heterocycles. The van der Waals surface area contributed by atoms with Crippen molar-refractivity contribution in [1.29, 1.82) is 0 Å². The average molecular weight is 432 g/mol. The number of nitrogens with zero attached hydrogens (tertiary/aromatic N) is 1. The standard InChI is InChI=1S/C20H19N2O3S3/c1-20(2)18-17(15-10-14(25-3)8-9-16(15)21-20)19(28-27-18)26-11-12-4-6-13(7-5-12)22(23)24/h4-10,21H,11H2,1-3H3/q+1. The first kappa shape index (κ1) is 19.2. The van der Waals surface area contributed by atoms with E-state index in [0.29, 0.717) is 0 Å². The first-order valence-electron chi connectivity index (χ1n) is 8.68. The van der Waals surface area contributed by atoms with Gasteiger partial charge in [-0.3, -0.25) is 10.1 Å². The van der Waals surface area contributed by atoms with Gasteiger partial charge in [-0.1, -0.05) is 23.9 Å². The van der Waals surface area contributed by atoms with E-state index in [1.807, 2.05) is 18.2 Å². The van der Waals surface area contributed by atoms with Crippen LogP contribution in [0.25, 0.3) is 11.1 Å². The van der Waals surface area contributed by atoms with E-state index in [1.54, 1.807) is 51.7 Å². The van der Waals surface area contributed by atoms with Crippen LogP contribution in [-0.4, -0.2) is 12.0 Å². The Morgan fingerprint density at radius 1 is 1.25 bits per heavy atom. The average Bonchev–Trinajstić information content (AvgIpc) is 3.12. The van der Waals surface area contributed by atoms with Crippen molar-refractivity contribution in [2.24, 2.45) is 0 Å². The van der Waals surface area contributed by atoms with Gasteiger partial charge < -0.3 is 10.1 Å². The third kappa shape index (κ3) is 3.47. The van der Waals surface area contributed by atoms with Crippen LogP contribution < -0.4 is 10.1 Å². The summed E-state index contributed by atoms with van der Waals surface area (Å²) in [6.07, 6.45) is 0. The quantitative estimate of drug-likeness (QED) is 0.161. The molecule has 0 unspecified atom stereocenters. The fraction of sp³-hybridized carbons (Fsp3) is 0.250. The summed E-state index contributed by atoms with van der Waals surface area (Å²) in [7, 11) is 5.28. The largest absolute Gasteiger partial charge is 0.497 e. The molecule has 0 amide bonds. The number of fused-ring (bicyclic) bond motifs is 3. The molecule has 0 saturated heterocycles. The maximum atomic E-state index is 10.8. The summed E-state index contributed by atoms with van der Waals surface area (Å²) in [6.45, 7) is 4.40. The van der Waals surface area contributed by atoms with Crippen LogP contribution in [0.3, 0.4) is 0 Å². The van der Waals surface area contributed by atoms with Crippen LogP contribution in [0.1, 0.15) is 24.3 Å². The molecule has 0 atom stereocenters. The van der Waals surface area contributed by atoms with Crippen molar-refractivity contribution in [2.45, 2.75) is 29.3 Å². The van der Waals surface area contributed by atoms with Gasteiger partial charge in [0.05, 0.1) is 23.1 Å². The number of benzene rings is 2. The summed E-state index contributed by atoms with van der Waals surface area (Å²) in [5.41, 5.74) is 4.61. The number of non-ortho nitro benzene ring substituents is 1. The number of methoxy groups -OCH3 is 1. The number of hydrogen-bond acceptors (Lipinski definition) is 6. The molecule has 1 aromatic heterocycles. The Hall–Kier alpha value is -2.16. The van der Waals surface area contributed by atoms with Gasteiger partial charge in [0.1, 0.15) is 10.6 Å². The summed E-state index contributed by atoms with van der Waals surface area (Å²) in [6, 6.07) is 12.9. The SMILES string of the molecule is COc1ccc2c(c1)-c1c(s[s+]c1SCc1ccc([N+](=O)[O-])cc1)C(C)(C)N2. The second kappa shape index (κ2) is 7.35. The molecule has 0 aliphatic carbocycles. The number of ether oxygens (including phenoxy) is 1. The molecule has 8 heteroatoms. The van der Waals surface area contributed by atoms with E-state index in [-0.39, 0.29) is 16.1 Å². The predicted octanol–water partition coefficient (Wildman–Crippen LogP) is 6.63. The van der Waals surface area contributed by atoms with E-state index in [2.05, 4.69) is 31.3 Å². The van der Waals surface area contributed by atoms with Crippen LogP contribution in [-0.2, 0) is 11.3 Å². The van der Waals surface area contributed by atoms with Crippen LogP contribution in [0.4, 0.5) is 11.4 Å². The van der Waals surface area contributed by atoms with Gasteiger partial charge in [0.2, 0.25) is 0 Å². The predicted molar refractivity (Wildman–Crippen MR) is 118 cm³/mol. The van der Waals surface area contributed by atoms with Gasteiger partial charge >= 0.3 is 10.3 Å². The van der Waals surface area contributed by atoms with Crippen molar-refractivity contribution < 1.29 is 9.66 Å². The van der Waals surface area contributed by atoms with Gasteiger partial charge in [0.25, 0.3) is 9.90 Å². The molecule has 0 bridgehead atoms. The summed E-state index contributed by atoms with van der Waals surface area (Å²) < 4.78 is 6.71. The Morgan fingerprint density at radius 3 is 2.68 bits per heavy atom. The third-order valence-corrected chi connectivity index (χ3v) is 9.09. The number of anilines is 1. The zero-order valence-electron chi connectivity index (χ0n) is 15.6. The Kier molecular flexibility index (Phi) is 5.03. The minimum atomic E-state index is -0.367. The number of nitro benzene ring substituents is 1. The van der Waals surface area contributed by atoms with E-state index in [1.165, 1.54) is 14.6 Å². The second-order valence-electron chi connectivity index (χ2n) is 7.03. The maximum absolute atomic E-state index is 10.8. The molecule has 4 rings (SSSR count). The van der Waals surface area contributed by atoms with Crippen molar-refractivity contribution in [3.05, 3.63) is 63.0 Å². The zero-order valence-corrected chi connectivity index (χ0v) is 18.1. The van der Waals surface area contributed by atoms with Crippen LogP contribution in [0.15, 0.2) is 46.7 Å². The molecule has 0 radical (unpaired) electrons. The topological polar surface area (TPSA) is 64.4 Å². The smallest absolute Gasteiger partial charge is 0.308 e. The molecule has 0 saturated carbocycles. The summed E-state index contributed by atoms with van der Waals surface area (Å²) in [4.78, 5) is 11.8. The van der Waals surface area contributed by atoms with Crippen LogP contribution in [0.2, 0.25) is 0 Å². The third-order valence-electron chi connectivity index (χ3n) is 4.66. The number of nitrogens with one attached hydrogen (secondary N) is 1. The minimum absolute atomic E-state index is 0.123. The molecular weight excluding hydrogens is 412 g/mol. The molecular formula is C20H19N2O3S3+. The highest BCUT2D eigenvalue weighted by atomic mass is 32.9. The summed E-state index contributed by atoms with van der Waals surface area (Å²) in [5.74, 6) is 1.61. The van der Waals surface area contributed by atoms with Crippen LogP contribution in [0.5, 0.6) is 5.75 Å². The highest BCUT2D eigenvalue weighted by Gasteiger charge is 2.40. The van der Waals surface area contributed by atoms with Crippen molar-refractivity contribution in [3.8, 4) is 16.9 Å². The van der Waals surface area contributed by atoms with Gasteiger partial charge in [-0.15, -0.1) is 0 Å². The molecule has 3 aromatic rings. The molecule has 0 fully saturated rings. The zero-order chi connectivity index (χ0) is 19.9. The van der Waals surface area contributed by atoms with Gasteiger partial charge in [-0.2, -0.15) is 0 Å². The van der Waals surface area contributed by atoms with Crippen LogP contribution >= 0.6 is 32.4 Å². The van der Waals surface area contributed by atoms with E-state index in [0.717, 1.165) is 28.3 Å². The lowest BCUT2D eigenvalue weighted by Crippen LogP contribution is -2.30. The van der Waals surface area contributed by atoms with E-state index >= 15 is 0 Å². The number of nitro groups is 1. The Morgan fingerprint density at radius 2 is 2.00 bits per heavy atom. The molecule has 28 heavy (non-hydrogen) atoms. The number of hydrogen-bond donors (Lipinski definition) is 1.